The van der Waals surface area contributed by atoms with E-state index in [0.29, 0.717) is 35.7 Å². The minimum atomic E-state index is -0.377. The molecule has 6 nitrogen and oxygen atoms in total. The van der Waals surface area contributed by atoms with Crippen LogP contribution in [0.1, 0.15) is 85.9 Å². The van der Waals surface area contributed by atoms with Crippen LogP contribution in [0, 0.1) is 0 Å². The molecule has 0 spiro atoms. The van der Waals surface area contributed by atoms with Crippen molar-refractivity contribution < 1.29 is 19.1 Å². The molecule has 0 bridgehead atoms. The quantitative estimate of drug-likeness (QED) is 0.314. The average molecular weight is 413 g/mol. The van der Waals surface area contributed by atoms with Crippen molar-refractivity contribution in [3.63, 3.8) is 0 Å². The number of unbranched alkanes of at least 4 members (excludes halogenated alkanes) is 6. The summed E-state index contributed by atoms with van der Waals surface area (Å²) in [4.78, 5) is 33.1. The molecule has 0 saturated heterocycles. The number of hydrogen-bond acceptors (Lipinski definition) is 6. The molecule has 0 unspecified atom stereocenters. The van der Waals surface area contributed by atoms with Crippen molar-refractivity contribution in [3.8, 4) is 11.4 Å². The van der Waals surface area contributed by atoms with Crippen molar-refractivity contribution in [1.82, 2.24) is 9.97 Å². The molecule has 0 fully saturated rings. The second-order valence-corrected chi connectivity index (χ2v) is 7.25. The van der Waals surface area contributed by atoms with Gasteiger partial charge in [-0.3, -0.25) is 9.97 Å². The van der Waals surface area contributed by atoms with Crippen molar-refractivity contribution in [2.45, 2.75) is 65.2 Å². The number of nitrogens with zero attached hydrogens (tertiary/aromatic N) is 2. The van der Waals surface area contributed by atoms with Crippen molar-refractivity contribution in [1.29, 1.82) is 0 Å². The van der Waals surface area contributed by atoms with Crippen LogP contribution in [0.2, 0.25) is 0 Å². The van der Waals surface area contributed by atoms with Gasteiger partial charge in [-0.15, -0.1) is 0 Å². The maximum absolute atomic E-state index is 12.3. The predicted molar refractivity (Wildman–Crippen MR) is 116 cm³/mol. The molecule has 0 amide bonds. The first-order valence-corrected chi connectivity index (χ1v) is 10.9. The first kappa shape index (κ1) is 23.5. The van der Waals surface area contributed by atoms with Crippen LogP contribution < -0.4 is 0 Å². The summed E-state index contributed by atoms with van der Waals surface area (Å²) in [5.74, 6) is -0.754. The zero-order chi connectivity index (χ0) is 21.6. The van der Waals surface area contributed by atoms with E-state index >= 15 is 0 Å². The topological polar surface area (TPSA) is 78.4 Å². The predicted octanol–water partition coefficient (Wildman–Crippen LogP) is 5.62. The van der Waals surface area contributed by atoms with Crippen LogP contribution in [0.4, 0.5) is 0 Å². The number of aromatic nitrogens is 2. The highest BCUT2D eigenvalue weighted by Crippen LogP contribution is 2.18. The standard InChI is InChI=1S/C24H32N2O4/c1-3-5-7-9-15-29-23(27)19-11-13-25-21(17-19)22-18-20(12-14-26-22)24(28)30-16-10-8-6-4-2/h11-14,17-18H,3-10,15-16H2,1-2H3. The molecule has 6 heteroatoms. The molecule has 2 aromatic rings. The normalized spacial score (nSPS) is 10.6. The van der Waals surface area contributed by atoms with Gasteiger partial charge in [0.05, 0.1) is 35.7 Å². The summed E-state index contributed by atoms with van der Waals surface area (Å²) in [5, 5.41) is 0. The van der Waals surface area contributed by atoms with Crippen LogP contribution in [0.25, 0.3) is 11.4 Å². The zero-order valence-electron chi connectivity index (χ0n) is 18.1. The molecule has 0 N–H and O–H groups in total. The molecule has 0 aromatic carbocycles. The Bertz CT molecular complexity index is 740. The lowest BCUT2D eigenvalue weighted by molar-refractivity contribution is 0.0488. The van der Waals surface area contributed by atoms with E-state index < -0.39 is 0 Å². The molecule has 0 aliphatic carbocycles. The number of esters is 2. The lowest BCUT2D eigenvalue weighted by Crippen LogP contribution is -2.08. The Balaban J connectivity index is 1.97. The third-order valence-corrected chi connectivity index (χ3v) is 4.72. The van der Waals surface area contributed by atoms with Gasteiger partial charge in [0.25, 0.3) is 0 Å². The van der Waals surface area contributed by atoms with Gasteiger partial charge in [-0.25, -0.2) is 9.59 Å². The summed E-state index contributed by atoms with van der Waals surface area (Å²) in [6.45, 7) is 5.10. The molecule has 0 aliphatic heterocycles. The van der Waals surface area contributed by atoms with E-state index in [4.69, 9.17) is 9.47 Å². The molecule has 0 radical (unpaired) electrons. The molecule has 2 aromatic heterocycles. The van der Waals surface area contributed by atoms with Crippen LogP contribution in [0.5, 0.6) is 0 Å². The molecule has 2 heterocycles. The summed E-state index contributed by atoms with van der Waals surface area (Å²) in [5.41, 5.74) is 1.85. The van der Waals surface area contributed by atoms with Gasteiger partial charge >= 0.3 is 11.9 Å². The van der Waals surface area contributed by atoms with Crippen molar-refractivity contribution in [2.75, 3.05) is 13.2 Å². The molecule has 0 atom stereocenters. The second kappa shape index (κ2) is 13.5. The van der Waals surface area contributed by atoms with Gasteiger partial charge in [0.15, 0.2) is 0 Å². The van der Waals surface area contributed by atoms with Crippen molar-refractivity contribution in [2.24, 2.45) is 0 Å². The largest absolute Gasteiger partial charge is 0.462 e. The third-order valence-electron chi connectivity index (χ3n) is 4.72. The second-order valence-electron chi connectivity index (χ2n) is 7.25. The lowest BCUT2D eigenvalue weighted by atomic mass is 10.1. The SMILES string of the molecule is CCCCCCOC(=O)c1ccnc(-c2cc(C(=O)OCCCCCC)ccn2)c1. The highest BCUT2D eigenvalue weighted by atomic mass is 16.5. The fourth-order valence-electron chi connectivity index (χ4n) is 2.95. The van der Waals surface area contributed by atoms with E-state index in [-0.39, 0.29) is 11.9 Å². The minimum absolute atomic E-state index is 0.377. The van der Waals surface area contributed by atoms with Crippen LogP contribution in [0.3, 0.4) is 0 Å². The number of hydrogen-bond donors (Lipinski definition) is 0. The monoisotopic (exact) mass is 412 g/mol. The average Bonchev–Trinajstić information content (AvgIpc) is 2.78. The van der Waals surface area contributed by atoms with Gasteiger partial charge in [0.1, 0.15) is 0 Å². The summed E-state index contributed by atoms with van der Waals surface area (Å²) in [6.07, 6.45) is 11.5. The molecule has 0 saturated carbocycles. The Morgan fingerprint density at radius 3 is 1.53 bits per heavy atom. The Hall–Kier alpha value is -2.76. The van der Waals surface area contributed by atoms with Crippen LogP contribution >= 0.6 is 0 Å². The van der Waals surface area contributed by atoms with E-state index in [0.717, 1.165) is 51.4 Å². The van der Waals surface area contributed by atoms with Gasteiger partial charge in [-0.2, -0.15) is 0 Å². The van der Waals surface area contributed by atoms with Crippen LogP contribution in [-0.4, -0.2) is 35.1 Å². The van der Waals surface area contributed by atoms with Gasteiger partial charge in [0, 0.05) is 12.4 Å². The van der Waals surface area contributed by atoms with Crippen LogP contribution in [0.15, 0.2) is 36.7 Å². The Labute approximate surface area is 179 Å². The summed E-state index contributed by atoms with van der Waals surface area (Å²) < 4.78 is 10.7. The molecule has 0 aliphatic rings. The summed E-state index contributed by atoms with van der Waals surface area (Å²) in [7, 11) is 0. The smallest absolute Gasteiger partial charge is 0.338 e. The number of pyridine rings is 2. The van der Waals surface area contributed by atoms with E-state index in [9.17, 15) is 9.59 Å². The number of ether oxygens (including phenoxy) is 2. The van der Waals surface area contributed by atoms with Crippen LogP contribution in [-0.2, 0) is 9.47 Å². The Kier molecular flexibility index (Phi) is 10.6. The van der Waals surface area contributed by atoms with E-state index in [1.54, 1.807) is 36.7 Å². The fourth-order valence-corrected chi connectivity index (χ4v) is 2.95. The number of carbonyl (C=O) groups is 2. The maximum Gasteiger partial charge on any atom is 0.338 e. The number of carbonyl (C=O) groups excluding carboxylic acids is 2. The molecular weight excluding hydrogens is 380 g/mol. The Morgan fingerprint density at radius 1 is 0.700 bits per heavy atom. The van der Waals surface area contributed by atoms with Gasteiger partial charge < -0.3 is 9.47 Å². The van der Waals surface area contributed by atoms with Crippen molar-refractivity contribution >= 4 is 11.9 Å². The lowest BCUT2D eigenvalue weighted by Gasteiger charge is -2.08. The van der Waals surface area contributed by atoms with Gasteiger partial charge in [-0.1, -0.05) is 52.4 Å². The molecular formula is C24H32N2O4. The van der Waals surface area contributed by atoms with Gasteiger partial charge in [-0.05, 0) is 37.1 Å². The number of rotatable bonds is 13. The molecule has 162 valence electrons. The maximum atomic E-state index is 12.3. The van der Waals surface area contributed by atoms with E-state index in [1.165, 1.54) is 0 Å². The summed E-state index contributed by atoms with van der Waals surface area (Å²) >= 11 is 0. The molecule has 30 heavy (non-hydrogen) atoms. The van der Waals surface area contributed by atoms with E-state index in [1.807, 2.05) is 0 Å². The fraction of sp³-hybridized carbons (Fsp3) is 0.500. The summed E-state index contributed by atoms with van der Waals surface area (Å²) in [6, 6.07) is 6.51. The molecule has 2 rings (SSSR count). The van der Waals surface area contributed by atoms with Crippen molar-refractivity contribution in [3.05, 3.63) is 47.8 Å². The van der Waals surface area contributed by atoms with Gasteiger partial charge in [0.2, 0.25) is 0 Å². The first-order valence-electron chi connectivity index (χ1n) is 10.9. The third kappa shape index (κ3) is 7.93. The Morgan fingerprint density at radius 2 is 1.13 bits per heavy atom. The highest BCUT2D eigenvalue weighted by Gasteiger charge is 2.13. The minimum Gasteiger partial charge on any atom is -0.462 e. The highest BCUT2D eigenvalue weighted by molar-refractivity contribution is 5.92. The van der Waals surface area contributed by atoms with E-state index in [2.05, 4.69) is 23.8 Å². The zero-order valence-corrected chi connectivity index (χ0v) is 18.1. The first-order chi connectivity index (χ1) is 14.7.